The van der Waals surface area contributed by atoms with Gasteiger partial charge in [0.15, 0.2) is 0 Å². The minimum absolute atomic E-state index is 0.723. The third-order valence-corrected chi connectivity index (χ3v) is 2.34. The van der Waals surface area contributed by atoms with Gasteiger partial charge in [-0.25, -0.2) is 0 Å². The maximum atomic E-state index is 9.64. The predicted octanol–water partition coefficient (Wildman–Crippen LogP) is 0.744. The lowest BCUT2D eigenvalue weighted by Crippen LogP contribution is -2.13. The highest BCUT2D eigenvalue weighted by molar-refractivity contribution is 8.76. The Bertz CT molecular complexity index is 60.0. The van der Waals surface area contributed by atoms with Crippen molar-refractivity contribution in [2.75, 3.05) is 18.6 Å². The van der Waals surface area contributed by atoms with Crippen molar-refractivity contribution in [2.45, 2.75) is 0 Å². The normalized spacial score (nSPS) is 8.62. The lowest BCUT2D eigenvalue weighted by molar-refractivity contribution is -0.109. The Kier molecular flexibility index (Phi) is 7.32. The summed E-state index contributed by atoms with van der Waals surface area (Å²) in [5.41, 5.74) is 0. The second-order valence-corrected chi connectivity index (χ2v) is 3.75. The molecule has 1 N–H and O–H groups in total. The predicted molar refractivity (Wildman–Crippen MR) is 40.0 cm³/mol. The largest absolute Gasteiger partial charge is 0.358 e. The fourth-order valence-corrected chi connectivity index (χ4v) is 1.36. The molecule has 0 aliphatic carbocycles. The fraction of sp³-hybridized carbons (Fsp3) is 0.750. The second-order valence-electron chi connectivity index (χ2n) is 1.06. The van der Waals surface area contributed by atoms with E-state index < -0.39 is 0 Å². The minimum atomic E-state index is 0.723. The molecular formula is C4H9NOS2. The monoisotopic (exact) mass is 151 g/mol. The van der Waals surface area contributed by atoms with Gasteiger partial charge in [0.1, 0.15) is 0 Å². The van der Waals surface area contributed by atoms with E-state index in [0.717, 1.165) is 18.7 Å². The summed E-state index contributed by atoms with van der Waals surface area (Å²) in [6.07, 6.45) is 2.74. The highest BCUT2D eigenvalue weighted by atomic mass is 33.1. The zero-order chi connectivity index (χ0) is 6.24. The van der Waals surface area contributed by atoms with Crippen LogP contribution in [0.5, 0.6) is 0 Å². The molecule has 0 atom stereocenters. The van der Waals surface area contributed by atoms with Gasteiger partial charge in [0.25, 0.3) is 0 Å². The van der Waals surface area contributed by atoms with Crippen LogP contribution in [-0.4, -0.2) is 25.0 Å². The molecule has 0 radical (unpaired) electrons. The van der Waals surface area contributed by atoms with Crippen molar-refractivity contribution in [1.82, 2.24) is 5.32 Å². The van der Waals surface area contributed by atoms with E-state index in [4.69, 9.17) is 0 Å². The van der Waals surface area contributed by atoms with E-state index >= 15 is 0 Å². The summed E-state index contributed by atoms with van der Waals surface area (Å²) < 4.78 is 0. The van der Waals surface area contributed by atoms with Crippen LogP contribution in [0.2, 0.25) is 0 Å². The summed E-state index contributed by atoms with van der Waals surface area (Å²) >= 11 is 0. The summed E-state index contributed by atoms with van der Waals surface area (Å²) in [7, 11) is 3.46. The molecule has 0 aromatic heterocycles. The van der Waals surface area contributed by atoms with Gasteiger partial charge in [-0.1, -0.05) is 21.6 Å². The lowest BCUT2D eigenvalue weighted by Gasteiger charge is -1.93. The first-order valence-electron chi connectivity index (χ1n) is 2.24. The van der Waals surface area contributed by atoms with Crippen LogP contribution >= 0.6 is 21.6 Å². The molecule has 0 aromatic carbocycles. The number of rotatable bonds is 5. The lowest BCUT2D eigenvalue weighted by atomic mass is 10.8. The molecule has 0 saturated heterocycles. The molecule has 4 heteroatoms. The molecule has 0 saturated carbocycles. The molecule has 8 heavy (non-hydrogen) atoms. The van der Waals surface area contributed by atoms with Crippen LogP contribution in [0, 0.1) is 0 Å². The van der Waals surface area contributed by atoms with Crippen molar-refractivity contribution in [1.29, 1.82) is 0 Å². The van der Waals surface area contributed by atoms with Crippen LogP contribution in [0.3, 0.4) is 0 Å². The smallest absolute Gasteiger partial charge is 0.207 e. The van der Waals surface area contributed by atoms with Crippen LogP contribution in [-0.2, 0) is 4.79 Å². The first-order valence-corrected chi connectivity index (χ1v) is 4.97. The summed E-state index contributed by atoms with van der Waals surface area (Å²) in [5, 5.41) is 2.57. The minimum Gasteiger partial charge on any atom is -0.358 e. The van der Waals surface area contributed by atoms with Crippen LogP contribution in [0.4, 0.5) is 0 Å². The zero-order valence-corrected chi connectivity index (χ0v) is 6.35. The molecule has 48 valence electrons. The van der Waals surface area contributed by atoms with Gasteiger partial charge >= 0.3 is 0 Å². The molecule has 2 nitrogen and oxygen atoms in total. The third-order valence-electron chi connectivity index (χ3n) is 0.531. The van der Waals surface area contributed by atoms with Gasteiger partial charge in [-0.05, 0) is 6.26 Å². The summed E-state index contributed by atoms with van der Waals surface area (Å²) in [6.45, 7) is 0.773. The first kappa shape index (κ1) is 8.17. The molecule has 0 unspecified atom stereocenters. The van der Waals surface area contributed by atoms with Crippen LogP contribution in [0.1, 0.15) is 0 Å². The molecule has 0 heterocycles. The van der Waals surface area contributed by atoms with Gasteiger partial charge in [-0.2, -0.15) is 0 Å². The van der Waals surface area contributed by atoms with Crippen molar-refractivity contribution in [2.24, 2.45) is 0 Å². The quantitative estimate of drug-likeness (QED) is 0.357. The van der Waals surface area contributed by atoms with Gasteiger partial charge in [0, 0.05) is 12.3 Å². The van der Waals surface area contributed by atoms with E-state index in [1.54, 1.807) is 21.6 Å². The molecule has 0 bridgehead atoms. The Morgan fingerprint density at radius 2 is 2.50 bits per heavy atom. The first-order chi connectivity index (χ1) is 3.91. The highest BCUT2D eigenvalue weighted by Gasteiger charge is 1.81. The fourth-order valence-electron chi connectivity index (χ4n) is 0.243. The van der Waals surface area contributed by atoms with E-state index in [1.807, 2.05) is 6.26 Å². The molecule has 0 rings (SSSR count). The van der Waals surface area contributed by atoms with Gasteiger partial charge in [0.2, 0.25) is 6.41 Å². The molecular weight excluding hydrogens is 142 g/mol. The number of carbonyl (C=O) groups excluding carboxylic acids is 1. The topological polar surface area (TPSA) is 29.1 Å². The van der Waals surface area contributed by atoms with Crippen molar-refractivity contribution in [3.63, 3.8) is 0 Å². The molecule has 0 spiro atoms. The summed E-state index contributed by atoms with van der Waals surface area (Å²) in [6, 6.07) is 0. The molecule has 0 aliphatic heterocycles. The summed E-state index contributed by atoms with van der Waals surface area (Å²) in [5.74, 6) is 0.986. The number of hydrogen-bond donors (Lipinski definition) is 1. The number of hydrogen-bond acceptors (Lipinski definition) is 3. The molecule has 0 aromatic rings. The van der Waals surface area contributed by atoms with Gasteiger partial charge in [0.05, 0.1) is 0 Å². The van der Waals surface area contributed by atoms with Crippen molar-refractivity contribution in [3.05, 3.63) is 0 Å². The van der Waals surface area contributed by atoms with Gasteiger partial charge in [-0.3, -0.25) is 4.79 Å². The Morgan fingerprint density at radius 1 is 1.75 bits per heavy atom. The molecule has 0 aliphatic rings. The average molecular weight is 151 g/mol. The maximum absolute atomic E-state index is 9.64. The van der Waals surface area contributed by atoms with Crippen LogP contribution < -0.4 is 5.32 Å². The number of nitrogens with one attached hydrogen (secondary N) is 1. The van der Waals surface area contributed by atoms with E-state index in [0.29, 0.717) is 0 Å². The van der Waals surface area contributed by atoms with Crippen molar-refractivity contribution >= 4 is 28.0 Å². The van der Waals surface area contributed by atoms with E-state index in [1.165, 1.54) is 0 Å². The van der Waals surface area contributed by atoms with Gasteiger partial charge in [-0.15, -0.1) is 0 Å². The molecule has 0 fully saturated rings. The maximum Gasteiger partial charge on any atom is 0.207 e. The Labute approximate surface area is 57.2 Å². The highest BCUT2D eigenvalue weighted by Crippen LogP contribution is 2.14. The third kappa shape index (κ3) is 6.17. The van der Waals surface area contributed by atoms with Crippen molar-refractivity contribution in [3.8, 4) is 0 Å². The molecule has 1 amide bonds. The average Bonchev–Trinajstić information content (AvgIpc) is 1.81. The van der Waals surface area contributed by atoms with E-state index in [9.17, 15) is 4.79 Å². The van der Waals surface area contributed by atoms with Crippen molar-refractivity contribution < 1.29 is 4.79 Å². The van der Waals surface area contributed by atoms with Crippen LogP contribution in [0.15, 0.2) is 0 Å². The standard InChI is InChI=1S/C4H9NOS2/c1-7-8-3-2-5-4-6/h4H,2-3H2,1H3,(H,5,6). The second kappa shape index (κ2) is 7.17. The number of carbonyl (C=O) groups is 1. The van der Waals surface area contributed by atoms with E-state index in [2.05, 4.69) is 5.32 Å². The number of amides is 1. The van der Waals surface area contributed by atoms with E-state index in [-0.39, 0.29) is 0 Å². The summed E-state index contributed by atoms with van der Waals surface area (Å²) in [4.78, 5) is 9.64. The zero-order valence-electron chi connectivity index (χ0n) is 4.72. The SMILES string of the molecule is CSSCCNC=O. The Hall–Kier alpha value is 0.170. The van der Waals surface area contributed by atoms with Crippen LogP contribution in [0.25, 0.3) is 0 Å². The Balaban J connectivity index is 2.62. The Morgan fingerprint density at radius 3 is 3.00 bits per heavy atom. The van der Waals surface area contributed by atoms with Gasteiger partial charge < -0.3 is 5.32 Å².